The summed E-state index contributed by atoms with van der Waals surface area (Å²) in [5.74, 6) is 0.176. The molecule has 3 nitrogen and oxygen atoms in total. The molecule has 0 aliphatic carbocycles. The molecule has 1 amide bonds. The highest BCUT2D eigenvalue weighted by atomic mass is 16.2. The van der Waals surface area contributed by atoms with Gasteiger partial charge in [-0.15, -0.1) is 0 Å². The van der Waals surface area contributed by atoms with E-state index in [-0.39, 0.29) is 5.91 Å². The summed E-state index contributed by atoms with van der Waals surface area (Å²) < 4.78 is 0. The first kappa shape index (κ1) is 11.5. The molecule has 1 fully saturated rings. The molecule has 0 bridgehead atoms. The van der Waals surface area contributed by atoms with E-state index < -0.39 is 0 Å². The molecule has 1 rings (SSSR count). The van der Waals surface area contributed by atoms with Crippen molar-refractivity contribution < 1.29 is 4.79 Å². The van der Waals surface area contributed by atoms with Gasteiger partial charge in [0.2, 0.25) is 5.91 Å². The summed E-state index contributed by atoms with van der Waals surface area (Å²) in [6.45, 7) is 5.26. The van der Waals surface area contributed by atoms with E-state index in [1.54, 1.807) is 0 Å². The molecule has 0 radical (unpaired) electrons. The third-order valence-electron chi connectivity index (χ3n) is 2.74. The van der Waals surface area contributed by atoms with Crippen molar-refractivity contribution in [2.45, 2.75) is 58.4 Å². The van der Waals surface area contributed by atoms with Crippen LogP contribution in [-0.2, 0) is 4.79 Å². The van der Waals surface area contributed by atoms with Gasteiger partial charge in [0.15, 0.2) is 0 Å². The van der Waals surface area contributed by atoms with Crippen LogP contribution in [0.25, 0.3) is 0 Å². The van der Waals surface area contributed by atoms with Gasteiger partial charge in [0, 0.05) is 19.0 Å². The third kappa shape index (κ3) is 3.29. The quantitative estimate of drug-likeness (QED) is 0.733. The summed E-state index contributed by atoms with van der Waals surface area (Å²) in [6.07, 6.45) is 6.43. The molecule has 0 spiro atoms. The minimum Gasteiger partial charge on any atom is -0.289 e. The zero-order chi connectivity index (χ0) is 10.4. The second-order valence-corrected chi connectivity index (χ2v) is 4.06. The van der Waals surface area contributed by atoms with Crippen LogP contribution < -0.4 is 5.43 Å². The molecule has 1 heterocycles. The van der Waals surface area contributed by atoms with Crippen LogP contribution in [-0.4, -0.2) is 23.5 Å². The number of rotatable bonds is 5. The third-order valence-corrected chi connectivity index (χ3v) is 2.74. The molecule has 1 aliphatic heterocycles. The van der Waals surface area contributed by atoms with Gasteiger partial charge in [0.05, 0.1) is 0 Å². The summed E-state index contributed by atoms with van der Waals surface area (Å²) in [6, 6.07) is 0.584. The van der Waals surface area contributed by atoms with Gasteiger partial charge in [-0.2, -0.15) is 0 Å². The van der Waals surface area contributed by atoms with E-state index in [0.29, 0.717) is 12.5 Å². The molecule has 0 aromatic carbocycles. The van der Waals surface area contributed by atoms with E-state index in [1.807, 2.05) is 6.92 Å². The molecule has 0 aromatic rings. The first-order chi connectivity index (χ1) is 6.77. The molecule has 0 aromatic heterocycles. The first-order valence-corrected chi connectivity index (χ1v) is 5.84. The Kier molecular flexibility index (Phi) is 4.94. The maximum absolute atomic E-state index is 11.4. The monoisotopic (exact) mass is 198 g/mol. The lowest BCUT2D eigenvalue weighted by molar-refractivity contribution is -0.126. The van der Waals surface area contributed by atoms with Gasteiger partial charge in [0.1, 0.15) is 0 Å². The average Bonchev–Trinajstić information content (AvgIpc) is 2.54. The molecule has 0 saturated carbocycles. The Labute approximate surface area is 86.8 Å². The van der Waals surface area contributed by atoms with Crippen molar-refractivity contribution in [2.24, 2.45) is 0 Å². The predicted molar refractivity (Wildman–Crippen MR) is 57.7 cm³/mol. The van der Waals surface area contributed by atoms with E-state index in [4.69, 9.17) is 0 Å². The standard InChI is InChI=1S/C11H22N2O/c1-3-6-10-8-5-9-13(10)12-11(14)7-4-2/h10H,3-9H2,1-2H3,(H,12,14)/t10-/m0/s1. The van der Waals surface area contributed by atoms with Crippen LogP contribution >= 0.6 is 0 Å². The molecular weight excluding hydrogens is 176 g/mol. The lowest BCUT2D eigenvalue weighted by Crippen LogP contribution is -2.44. The van der Waals surface area contributed by atoms with Crippen molar-refractivity contribution in [1.29, 1.82) is 0 Å². The minimum atomic E-state index is 0.176. The van der Waals surface area contributed by atoms with Crippen LogP contribution in [0, 0.1) is 0 Å². The zero-order valence-electron chi connectivity index (χ0n) is 9.38. The molecule has 0 unspecified atom stereocenters. The number of hydrazine groups is 1. The molecule has 1 saturated heterocycles. The Morgan fingerprint density at radius 2 is 2.21 bits per heavy atom. The van der Waals surface area contributed by atoms with E-state index in [0.717, 1.165) is 13.0 Å². The van der Waals surface area contributed by atoms with Gasteiger partial charge < -0.3 is 0 Å². The Balaban J connectivity index is 2.31. The number of amides is 1. The average molecular weight is 198 g/mol. The highest BCUT2D eigenvalue weighted by Crippen LogP contribution is 2.18. The van der Waals surface area contributed by atoms with Gasteiger partial charge in [-0.05, 0) is 25.7 Å². The Morgan fingerprint density at radius 1 is 1.43 bits per heavy atom. The summed E-state index contributed by atoms with van der Waals surface area (Å²) >= 11 is 0. The van der Waals surface area contributed by atoms with Gasteiger partial charge in [-0.3, -0.25) is 10.2 Å². The van der Waals surface area contributed by atoms with Crippen LogP contribution in [0.15, 0.2) is 0 Å². The molecule has 3 heteroatoms. The summed E-state index contributed by atoms with van der Waals surface area (Å²) in [4.78, 5) is 11.4. The number of carbonyl (C=O) groups is 1. The largest absolute Gasteiger partial charge is 0.289 e. The highest BCUT2D eigenvalue weighted by molar-refractivity contribution is 5.75. The van der Waals surface area contributed by atoms with Gasteiger partial charge in [0.25, 0.3) is 0 Å². The first-order valence-electron chi connectivity index (χ1n) is 5.84. The van der Waals surface area contributed by atoms with Crippen LogP contribution in [0.2, 0.25) is 0 Å². The van der Waals surface area contributed by atoms with E-state index in [9.17, 15) is 4.79 Å². The second kappa shape index (κ2) is 6.02. The lowest BCUT2D eigenvalue weighted by Gasteiger charge is -2.24. The summed E-state index contributed by atoms with van der Waals surface area (Å²) in [7, 11) is 0. The van der Waals surface area contributed by atoms with Crippen molar-refractivity contribution in [2.75, 3.05) is 6.54 Å². The van der Waals surface area contributed by atoms with E-state index in [1.165, 1.54) is 25.7 Å². The highest BCUT2D eigenvalue weighted by Gasteiger charge is 2.24. The van der Waals surface area contributed by atoms with Gasteiger partial charge >= 0.3 is 0 Å². The van der Waals surface area contributed by atoms with Crippen molar-refractivity contribution in [3.05, 3.63) is 0 Å². The van der Waals surface area contributed by atoms with Crippen LogP contribution in [0.5, 0.6) is 0 Å². The fourth-order valence-corrected chi connectivity index (χ4v) is 2.06. The van der Waals surface area contributed by atoms with Gasteiger partial charge in [-0.25, -0.2) is 5.01 Å². The summed E-state index contributed by atoms with van der Waals surface area (Å²) in [5, 5.41) is 2.14. The molecule has 14 heavy (non-hydrogen) atoms. The predicted octanol–water partition coefficient (Wildman–Crippen LogP) is 2.08. The van der Waals surface area contributed by atoms with E-state index in [2.05, 4.69) is 17.4 Å². The summed E-state index contributed by atoms with van der Waals surface area (Å²) in [5.41, 5.74) is 3.01. The number of nitrogens with zero attached hydrogens (tertiary/aromatic N) is 1. The molecule has 1 atom stereocenters. The maximum Gasteiger partial charge on any atom is 0.234 e. The molecule has 1 N–H and O–H groups in total. The Bertz CT molecular complexity index is 182. The Morgan fingerprint density at radius 3 is 2.86 bits per heavy atom. The number of nitrogens with one attached hydrogen (secondary N) is 1. The zero-order valence-corrected chi connectivity index (χ0v) is 9.38. The number of hydrogen-bond acceptors (Lipinski definition) is 2. The topological polar surface area (TPSA) is 32.3 Å². The van der Waals surface area contributed by atoms with Crippen LogP contribution in [0.3, 0.4) is 0 Å². The second-order valence-electron chi connectivity index (χ2n) is 4.06. The molecule has 1 aliphatic rings. The van der Waals surface area contributed by atoms with E-state index >= 15 is 0 Å². The Hall–Kier alpha value is -0.570. The fourth-order valence-electron chi connectivity index (χ4n) is 2.06. The molecular formula is C11H22N2O. The van der Waals surface area contributed by atoms with Gasteiger partial charge in [-0.1, -0.05) is 20.3 Å². The fraction of sp³-hybridized carbons (Fsp3) is 0.909. The van der Waals surface area contributed by atoms with Crippen LogP contribution in [0.1, 0.15) is 52.4 Å². The van der Waals surface area contributed by atoms with Crippen molar-refractivity contribution in [3.63, 3.8) is 0 Å². The normalized spacial score (nSPS) is 22.6. The minimum absolute atomic E-state index is 0.176. The number of carbonyl (C=O) groups excluding carboxylic acids is 1. The molecule has 82 valence electrons. The van der Waals surface area contributed by atoms with Crippen molar-refractivity contribution in [3.8, 4) is 0 Å². The maximum atomic E-state index is 11.4. The van der Waals surface area contributed by atoms with Crippen LogP contribution in [0.4, 0.5) is 0 Å². The SMILES string of the molecule is CCCC(=O)NN1CCC[C@@H]1CCC. The van der Waals surface area contributed by atoms with Crippen molar-refractivity contribution >= 4 is 5.91 Å². The smallest absolute Gasteiger partial charge is 0.234 e. The lowest BCUT2D eigenvalue weighted by atomic mass is 10.1. The number of hydrogen-bond donors (Lipinski definition) is 1. The van der Waals surface area contributed by atoms with Crippen molar-refractivity contribution in [1.82, 2.24) is 10.4 Å².